The predicted octanol–water partition coefficient (Wildman–Crippen LogP) is 1.21. The topological polar surface area (TPSA) is 84.5 Å². The van der Waals surface area contributed by atoms with Gasteiger partial charge in [0.25, 0.3) is 6.47 Å². The zero-order chi connectivity index (χ0) is 15.6. The van der Waals surface area contributed by atoms with E-state index in [1.807, 2.05) is 16.9 Å². The number of nitrogens with one attached hydrogen (secondary N) is 2. The van der Waals surface area contributed by atoms with Gasteiger partial charge in [0.15, 0.2) is 0 Å². The first-order valence-electron chi connectivity index (χ1n) is 6.17. The molecule has 0 spiro atoms. The van der Waals surface area contributed by atoms with Gasteiger partial charge in [0, 0.05) is 6.92 Å². The zero-order valence-corrected chi connectivity index (χ0v) is 12.1. The number of hydrogen-bond acceptors (Lipinski definition) is 4. The van der Waals surface area contributed by atoms with Crippen LogP contribution in [0.3, 0.4) is 0 Å². The second-order valence-electron chi connectivity index (χ2n) is 3.33. The van der Waals surface area contributed by atoms with Gasteiger partial charge in [0.1, 0.15) is 0 Å². The summed E-state index contributed by atoms with van der Waals surface area (Å²) in [5.41, 5.74) is 5.42. The Balaban J connectivity index is 0. The molecule has 0 atom stereocenters. The Kier molecular flexibility index (Phi) is 16.6. The van der Waals surface area contributed by atoms with Crippen LogP contribution in [0.2, 0.25) is 0 Å². The second-order valence-corrected chi connectivity index (χ2v) is 3.33. The van der Waals surface area contributed by atoms with Crippen LogP contribution in [0.5, 0.6) is 0 Å². The molecular formula is C14H22N2O4. The van der Waals surface area contributed by atoms with E-state index in [2.05, 4.69) is 35.9 Å². The summed E-state index contributed by atoms with van der Waals surface area (Å²) >= 11 is 0. The lowest BCUT2D eigenvalue weighted by Crippen LogP contribution is -2.34. The fourth-order valence-corrected chi connectivity index (χ4v) is 0.913. The van der Waals surface area contributed by atoms with Gasteiger partial charge in [0.2, 0.25) is 12.3 Å². The van der Waals surface area contributed by atoms with E-state index in [4.69, 9.17) is 0 Å². The van der Waals surface area contributed by atoms with Crippen molar-refractivity contribution in [1.29, 1.82) is 0 Å². The highest BCUT2D eigenvalue weighted by atomic mass is 16.5. The smallest absolute Gasteiger partial charge is 0.293 e. The molecule has 0 bridgehead atoms. The molecule has 2 N–H and O–H groups in total. The standard InChI is InChI=1S/C8H10.C3H6N2O2.C3H6O2/c1-2-8-6-4-3-5-7-8;1-3(7)5-4-2-6;1-2-5-3-4/h3-7H,2H2,1H3;2H,1H3,(H,4,6)(H,5,7);3H,2H2,1H3. The van der Waals surface area contributed by atoms with Crippen molar-refractivity contribution in [3.63, 3.8) is 0 Å². The van der Waals surface area contributed by atoms with Crippen LogP contribution >= 0.6 is 0 Å². The third-order valence-electron chi connectivity index (χ3n) is 1.79. The van der Waals surface area contributed by atoms with E-state index in [-0.39, 0.29) is 5.91 Å². The largest absolute Gasteiger partial charge is 0.468 e. The summed E-state index contributed by atoms with van der Waals surface area (Å²) in [6.07, 6.45) is 1.53. The number of aryl methyl sites for hydroxylation is 1. The van der Waals surface area contributed by atoms with E-state index in [1.54, 1.807) is 6.92 Å². The lowest BCUT2D eigenvalue weighted by atomic mass is 10.2. The molecule has 1 rings (SSSR count). The van der Waals surface area contributed by atoms with E-state index < -0.39 is 0 Å². The summed E-state index contributed by atoms with van der Waals surface area (Å²) in [7, 11) is 0. The monoisotopic (exact) mass is 282 g/mol. The van der Waals surface area contributed by atoms with Gasteiger partial charge in [0.05, 0.1) is 6.61 Å². The lowest BCUT2D eigenvalue weighted by molar-refractivity contribution is -0.128. The molecule has 0 radical (unpaired) electrons. The molecule has 0 heterocycles. The summed E-state index contributed by atoms with van der Waals surface area (Å²) in [5.74, 6) is -0.285. The molecule has 6 nitrogen and oxygen atoms in total. The Hall–Kier alpha value is -2.37. The normalized spacial score (nSPS) is 7.75. The highest BCUT2D eigenvalue weighted by molar-refractivity contribution is 5.73. The van der Waals surface area contributed by atoms with Crippen LogP contribution in [0.15, 0.2) is 30.3 Å². The SMILES string of the molecule is CC(=O)NNC=O.CCOC=O.CCc1ccccc1. The van der Waals surface area contributed by atoms with Crippen molar-refractivity contribution in [2.24, 2.45) is 0 Å². The summed E-state index contributed by atoms with van der Waals surface area (Å²) < 4.78 is 4.15. The lowest BCUT2D eigenvalue weighted by Gasteiger charge is -1.92. The van der Waals surface area contributed by atoms with Crippen LogP contribution in [0.25, 0.3) is 0 Å². The maximum atomic E-state index is 9.87. The average molecular weight is 282 g/mol. The van der Waals surface area contributed by atoms with E-state index in [1.165, 1.54) is 12.5 Å². The van der Waals surface area contributed by atoms with Crippen molar-refractivity contribution in [2.75, 3.05) is 6.61 Å². The van der Waals surface area contributed by atoms with Crippen LogP contribution in [0.1, 0.15) is 26.3 Å². The maximum absolute atomic E-state index is 9.87. The molecule has 0 saturated carbocycles. The van der Waals surface area contributed by atoms with Gasteiger partial charge in [-0.25, -0.2) is 0 Å². The highest BCUT2D eigenvalue weighted by Crippen LogP contribution is 1.96. The quantitative estimate of drug-likeness (QED) is 0.628. The van der Waals surface area contributed by atoms with Gasteiger partial charge < -0.3 is 4.74 Å². The Labute approximate surface area is 119 Å². The van der Waals surface area contributed by atoms with E-state index in [9.17, 15) is 14.4 Å². The van der Waals surface area contributed by atoms with Crippen molar-refractivity contribution in [2.45, 2.75) is 27.2 Å². The van der Waals surface area contributed by atoms with Crippen molar-refractivity contribution < 1.29 is 19.1 Å². The van der Waals surface area contributed by atoms with Crippen LogP contribution in [0.4, 0.5) is 0 Å². The number of carbonyl (C=O) groups is 3. The molecule has 1 aromatic rings. The molecule has 0 unspecified atom stereocenters. The van der Waals surface area contributed by atoms with E-state index >= 15 is 0 Å². The molecule has 0 aromatic heterocycles. The fourth-order valence-electron chi connectivity index (χ4n) is 0.913. The van der Waals surface area contributed by atoms with Crippen LogP contribution in [-0.4, -0.2) is 25.4 Å². The molecule has 1 aromatic carbocycles. The predicted molar refractivity (Wildman–Crippen MR) is 76.5 cm³/mol. The number of hydrazine groups is 1. The third kappa shape index (κ3) is 18.0. The zero-order valence-electron chi connectivity index (χ0n) is 12.1. The molecule has 0 aliphatic heterocycles. The molecule has 0 fully saturated rings. The Morgan fingerprint density at radius 2 is 1.80 bits per heavy atom. The third-order valence-corrected chi connectivity index (χ3v) is 1.79. The first-order chi connectivity index (χ1) is 9.62. The minimum Gasteiger partial charge on any atom is -0.468 e. The first kappa shape index (κ1) is 20.0. The van der Waals surface area contributed by atoms with E-state index in [0.717, 1.165) is 6.42 Å². The van der Waals surface area contributed by atoms with Crippen LogP contribution < -0.4 is 10.9 Å². The Bertz CT molecular complexity index is 355. The minimum atomic E-state index is -0.285. The number of rotatable bonds is 5. The Morgan fingerprint density at radius 1 is 1.20 bits per heavy atom. The first-order valence-corrected chi connectivity index (χ1v) is 6.17. The summed E-state index contributed by atoms with van der Waals surface area (Å²) in [4.78, 5) is 28.4. The van der Waals surface area contributed by atoms with Crippen molar-refractivity contribution in [1.82, 2.24) is 10.9 Å². The van der Waals surface area contributed by atoms with E-state index in [0.29, 0.717) is 19.5 Å². The van der Waals surface area contributed by atoms with Gasteiger partial charge in [-0.2, -0.15) is 0 Å². The highest BCUT2D eigenvalue weighted by Gasteiger charge is 1.81. The molecule has 112 valence electrons. The van der Waals surface area contributed by atoms with Gasteiger partial charge >= 0.3 is 0 Å². The van der Waals surface area contributed by atoms with Gasteiger partial charge in [-0.1, -0.05) is 37.3 Å². The molecular weight excluding hydrogens is 260 g/mol. The van der Waals surface area contributed by atoms with Crippen molar-refractivity contribution in [3.8, 4) is 0 Å². The van der Waals surface area contributed by atoms with Crippen LogP contribution in [-0.2, 0) is 25.5 Å². The summed E-state index contributed by atoms with van der Waals surface area (Å²) in [6.45, 7) is 6.13. The molecule has 0 saturated heterocycles. The molecule has 0 aliphatic carbocycles. The maximum Gasteiger partial charge on any atom is 0.293 e. The molecule has 20 heavy (non-hydrogen) atoms. The fraction of sp³-hybridized carbons (Fsp3) is 0.357. The Morgan fingerprint density at radius 3 is 2.00 bits per heavy atom. The van der Waals surface area contributed by atoms with Crippen molar-refractivity contribution >= 4 is 18.8 Å². The average Bonchev–Trinajstić information content (AvgIpc) is 2.48. The van der Waals surface area contributed by atoms with Crippen LogP contribution in [0, 0.1) is 0 Å². The number of amides is 2. The molecule has 6 heteroatoms. The number of benzene rings is 1. The number of ether oxygens (including phenoxy) is 1. The van der Waals surface area contributed by atoms with Gasteiger partial charge in [-0.15, -0.1) is 0 Å². The van der Waals surface area contributed by atoms with Gasteiger partial charge in [-0.05, 0) is 18.9 Å². The summed E-state index contributed by atoms with van der Waals surface area (Å²) in [6, 6.07) is 10.5. The summed E-state index contributed by atoms with van der Waals surface area (Å²) in [5, 5.41) is 0. The van der Waals surface area contributed by atoms with Gasteiger partial charge in [-0.3, -0.25) is 25.2 Å². The second kappa shape index (κ2) is 16.6. The molecule has 0 aliphatic rings. The number of hydrogen-bond donors (Lipinski definition) is 2. The number of carbonyl (C=O) groups excluding carboxylic acids is 3. The minimum absolute atomic E-state index is 0.285. The molecule has 2 amide bonds. The van der Waals surface area contributed by atoms with Crippen molar-refractivity contribution in [3.05, 3.63) is 35.9 Å².